The molecule has 0 aliphatic rings. The second-order valence-electron chi connectivity index (χ2n) is 7.11. The third kappa shape index (κ3) is 5.29. The minimum absolute atomic E-state index is 0.171. The van der Waals surface area contributed by atoms with E-state index in [4.69, 9.17) is 0 Å². The number of unbranched alkanes of at least 4 members (excludes halogenated alkanes) is 2. The SMILES string of the molecule is CCCCCC(/C=N\NC(=O)c1nn(C)c(=O)c2ccccc12)=C\c1ccccc1. The van der Waals surface area contributed by atoms with Gasteiger partial charge in [-0.3, -0.25) is 9.59 Å². The van der Waals surface area contributed by atoms with E-state index in [0.717, 1.165) is 36.8 Å². The van der Waals surface area contributed by atoms with Gasteiger partial charge in [-0.25, -0.2) is 10.1 Å². The fourth-order valence-corrected chi connectivity index (χ4v) is 3.21. The van der Waals surface area contributed by atoms with Gasteiger partial charge < -0.3 is 0 Å². The van der Waals surface area contributed by atoms with Crippen LogP contribution in [0, 0.1) is 0 Å². The lowest BCUT2D eigenvalue weighted by atomic mass is 10.1. The second kappa shape index (κ2) is 10.3. The summed E-state index contributed by atoms with van der Waals surface area (Å²) >= 11 is 0. The Hall–Kier alpha value is -3.54. The van der Waals surface area contributed by atoms with Gasteiger partial charge in [-0.05, 0) is 30.0 Å². The van der Waals surface area contributed by atoms with Gasteiger partial charge in [0.2, 0.25) is 0 Å². The maximum Gasteiger partial charge on any atom is 0.292 e. The molecule has 1 aromatic heterocycles. The Kier molecular flexibility index (Phi) is 7.27. The van der Waals surface area contributed by atoms with Crippen molar-refractivity contribution in [2.24, 2.45) is 12.1 Å². The van der Waals surface area contributed by atoms with Gasteiger partial charge in [0.25, 0.3) is 11.5 Å². The molecule has 1 heterocycles. The number of allylic oxidation sites excluding steroid dienone is 1. The average Bonchev–Trinajstić information content (AvgIpc) is 2.77. The van der Waals surface area contributed by atoms with E-state index >= 15 is 0 Å². The number of hydrazone groups is 1. The number of aromatic nitrogens is 2. The van der Waals surface area contributed by atoms with Crippen molar-refractivity contribution in [3.8, 4) is 0 Å². The van der Waals surface area contributed by atoms with Gasteiger partial charge in [0.1, 0.15) is 0 Å². The predicted octanol–water partition coefficient (Wildman–Crippen LogP) is 4.31. The smallest absolute Gasteiger partial charge is 0.267 e. The summed E-state index contributed by atoms with van der Waals surface area (Å²) in [6.07, 6.45) is 7.97. The van der Waals surface area contributed by atoms with E-state index in [1.54, 1.807) is 30.5 Å². The second-order valence-corrected chi connectivity index (χ2v) is 7.11. The van der Waals surface area contributed by atoms with Gasteiger partial charge in [-0.2, -0.15) is 10.2 Å². The lowest BCUT2D eigenvalue weighted by molar-refractivity contribution is 0.0950. The molecule has 6 heteroatoms. The first-order valence-corrected chi connectivity index (χ1v) is 10.1. The van der Waals surface area contributed by atoms with E-state index < -0.39 is 5.91 Å². The van der Waals surface area contributed by atoms with E-state index in [0.29, 0.717) is 10.8 Å². The number of nitrogens with zero attached hydrogens (tertiary/aromatic N) is 3. The molecule has 6 nitrogen and oxygen atoms in total. The summed E-state index contributed by atoms with van der Waals surface area (Å²) in [7, 11) is 1.53. The molecule has 0 atom stereocenters. The van der Waals surface area contributed by atoms with Crippen LogP contribution in [0.2, 0.25) is 0 Å². The number of hydrogen-bond donors (Lipinski definition) is 1. The molecule has 0 aliphatic carbocycles. The molecule has 0 unspecified atom stereocenters. The maximum absolute atomic E-state index is 12.7. The zero-order valence-corrected chi connectivity index (χ0v) is 17.3. The molecule has 0 fully saturated rings. The van der Waals surface area contributed by atoms with Gasteiger partial charge in [0, 0.05) is 12.4 Å². The highest BCUT2D eigenvalue weighted by Gasteiger charge is 2.14. The van der Waals surface area contributed by atoms with Gasteiger partial charge in [-0.1, -0.05) is 74.4 Å². The van der Waals surface area contributed by atoms with E-state index in [-0.39, 0.29) is 11.3 Å². The van der Waals surface area contributed by atoms with Crippen molar-refractivity contribution in [2.75, 3.05) is 0 Å². The van der Waals surface area contributed by atoms with Crippen molar-refractivity contribution in [3.05, 3.63) is 81.8 Å². The molecule has 3 aromatic rings. The number of aryl methyl sites for hydroxylation is 1. The molecule has 0 saturated heterocycles. The Balaban J connectivity index is 1.80. The predicted molar refractivity (Wildman–Crippen MR) is 122 cm³/mol. The first-order chi connectivity index (χ1) is 14.6. The molecule has 3 rings (SSSR count). The third-order valence-electron chi connectivity index (χ3n) is 4.79. The standard InChI is InChI=1S/C24H26N4O2/c1-3-4-6-13-19(16-18-11-7-5-8-12-18)17-25-26-23(29)22-20-14-9-10-15-21(20)24(30)28(2)27-22/h5,7-12,14-17H,3-4,6,13H2,1-2H3,(H,26,29)/b19-16+,25-17-. The lowest BCUT2D eigenvalue weighted by Crippen LogP contribution is -2.27. The van der Waals surface area contributed by atoms with Crippen LogP contribution in [0.3, 0.4) is 0 Å². The van der Waals surface area contributed by atoms with Gasteiger partial charge in [0.15, 0.2) is 5.69 Å². The van der Waals surface area contributed by atoms with Crippen LogP contribution in [0.1, 0.15) is 48.7 Å². The Labute approximate surface area is 175 Å². The van der Waals surface area contributed by atoms with Crippen molar-refractivity contribution in [1.82, 2.24) is 15.2 Å². The number of hydrogen-bond acceptors (Lipinski definition) is 4. The molecule has 1 amide bonds. The van der Waals surface area contributed by atoms with Crippen molar-refractivity contribution in [1.29, 1.82) is 0 Å². The van der Waals surface area contributed by atoms with E-state index in [1.807, 2.05) is 30.3 Å². The monoisotopic (exact) mass is 402 g/mol. The van der Waals surface area contributed by atoms with Crippen LogP contribution in [-0.2, 0) is 7.05 Å². The zero-order valence-electron chi connectivity index (χ0n) is 17.3. The fraction of sp³-hybridized carbons (Fsp3) is 0.250. The Morgan fingerprint density at radius 2 is 1.77 bits per heavy atom. The number of nitrogens with one attached hydrogen (secondary N) is 1. The summed E-state index contributed by atoms with van der Waals surface area (Å²) in [6.45, 7) is 2.17. The first kappa shape index (κ1) is 21.2. The topological polar surface area (TPSA) is 76.3 Å². The van der Waals surface area contributed by atoms with Gasteiger partial charge in [0.05, 0.1) is 11.6 Å². The largest absolute Gasteiger partial charge is 0.292 e. The fourth-order valence-electron chi connectivity index (χ4n) is 3.21. The molecule has 0 saturated carbocycles. The maximum atomic E-state index is 12.7. The highest BCUT2D eigenvalue weighted by molar-refractivity contribution is 6.05. The van der Waals surface area contributed by atoms with Crippen molar-refractivity contribution >= 4 is 29.0 Å². The van der Waals surface area contributed by atoms with Crippen molar-refractivity contribution in [3.63, 3.8) is 0 Å². The number of benzene rings is 2. The summed E-state index contributed by atoms with van der Waals surface area (Å²) in [4.78, 5) is 24.9. The van der Waals surface area contributed by atoms with Crippen LogP contribution >= 0.6 is 0 Å². The molecule has 2 aromatic carbocycles. The van der Waals surface area contributed by atoms with Crippen molar-refractivity contribution in [2.45, 2.75) is 32.6 Å². The molecule has 0 bridgehead atoms. The van der Waals surface area contributed by atoms with Crippen LogP contribution in [0.5, 0.6) is 0 Å². The zero-order chi connectivity index (χ0) is 21.3. The number of carbonyl (C=O) groups excluding carboxylic acids is 1. The molecule has 1 N–H and O–H groups in total. The normalized spacial score (nSPS) is 11.9. The number of rotatable bonds is 8. The minimum atomic E-state index is -0.453. The van der Waals surface area contributed by atoms with Crippen LogP contribution < -0.4 is 11.0 Å². The molecular formula is C24H26N4O2. The van der Waals surface area contributed by atoms with Crippen LogP contribution in [0.15, 0.2) is 70.1 Å². The van der Waals surface area contributed by atoms with E-state index in [1.165, 1.54) is 11.7 Å². The highest BCUT2D eigenvalue weighted by Crippen LogP contribution is 2.14. The number of amides is 1. The Morgan fingerprint density at radius 3 is 2.50 bits per heavy atom. The number of carbonyl (C=O) groups is 1. The third-order valence-corrected chi connectivity index (χ3v) is 4.79. The summed E-state index contributed by atoms with van der Waals surface area (Å²) in [6, 6.07) is 17.0. The minimum Gasteiger partial charge on any atom is -0.267 e. The Bertz CT molecular complexity index is 1130. The van der Waals surface area contributed by atoms with Gasteiger partial charge >= 0.3 is 0 Å². The van der Waals surface area contributed by atoms with E-state index in [9.17, 15) is 9.59 Å². The first-order valence-electron chi connectivity index (χ1n) is 10.1. The molecule has 30 heavy (non-hydrogen) atoms. The average molecular weight is 402 g/mol. The van der Waals surface area contributed by atoms with Crippen LogP contribution in [0.4, 0.5) is 0 Å². The highest BCUT2D eigenvalue weighted by atomic mass is 16.2. The molecule has 0 aliphatic heterocycles. The van der Waals surface area contributed by atoms with E-state index in [2.05, 4.69) is 28.6 Å². The molecule has 0 radical (unpaired) electrons. The van der Waals surface area contributed by atoms with Crippen LogP contribution in [-0.4, -0.2) is 21.9 Å². The van der Waals surface area contributed by atoms with Crippen LogP contribution in [0.25, 0.3) is 16.8 Å². The summed E-state index contributed by atoms with van der Waals surface area (Å²) in [5.74, 6) is -0.453. The summed E-state index contributed by atoms with van der Waals surface area (Å²) in [5.41, 5.74) is 4.61. The van der Waals surface area contributed by atoms with Crippen molar-refractivity contribution < 1.29 is 4.79 Å². The Morgan fingerprint density at radius 1 is 1.07 bits per heavy atom. The lowest BCUT2D eigenvalue weighted by Gasteiger charge is -2.07. The van der Waals surface area contributed by atoms with Gasteiger partial charge in [-0.15, -0.1) is 0 Å². The molecule has 154 valence electrons. The molecular weight excluding hydrogens is 376 g/mol. The quantitative estimate of drug-likeness (QED) is 0.346. The summed E-state index contributed by atoms with van der Waals surface area (Å²) in [5, 5.41) is 9.25. The molecule has 0 spiro atoms. The summed E-state index contributed by atoms with van der Waals surface area (Å²) < 4.78 is 1.17. The number of fused-ring (bicyclic) bond motifs is 1.